The third-order valence-electron chi connectivity index (χ3n) is 4.24. The van der Waals surface area contributed by atoms with Crippen LogP contribution in [0.15, 0.2) is 0 Å². The van der Waals surface area contributed by atoms with Crippen LogP contribution < -0.4 is 5.32 Å². The minimum absolute atomic E-state index is 0.0153. The van der Waals surface area contributed by atoms with Crippen LogP contribution in [0.2, 0.25) is 0 Å². The first kappa shape index (κ1) is 17.0. The van der Waals surface area contributed by atoms with Gasteiger partial charge in [0.1, 0.15) is 12.1 Å². The molecule has 1 N–H and O–H groups in total. The second-order valence-corrected chi connectivity index (χ2v) is 5.68. The number of carbonyl (C=O) groups excluding carboxylic acids is 2. The standard InChI is InChI=1S/C15H28N2O3/c1-6-10(3)13-14(18)16-12(7-2)15(19)17(13)11(4)8-9-20-5/h10-13H,6-9H2,1-5H3,(H,16,18). The molecular formula is C15H28N2O3. The summed E-state index contributed by atoms with van der Waals surface area (Å²) in [5, 5.41) is 2.86. The van der Waals surface area contributed by atoms with Gasteiger partial charge >= 0.3 is 0 Å². The van der Waals surface area contributed by atoms with Crippen molar-refractivity contribution >= 4 is 11.8 Å². The molecule has 0 spiro atoms. The summed E-state index contributed by atoms with van der Waals surface area (Å²) in [6.45, 7) is 8.59. The quantitative estimate of drug-likeness (QED) is 0.772. The molecule has 1 rings (SSSR count). The van der Waals surface area contributed by atoms with Crippen molar-refractivity contribution in [3.8, 4) is 0 Å². The van der Waals surface area contributed by atoms with E-state index in [1.807, 2.05) is 27.7 Å². The first-order chi connectivity index (χ1) is 9.47. The number of nitrogens with one attached hydrogen (secondary N) is 1. The zero-order chi connectivity index (χ0) is 15.3. The van der Waals surface area contributed by atoms with E-state index >= 15 is 0 Å². The minimum atomic E-state index is -0.382. The van der Waals surface area contributed by atoms with Gasteiger partial charge in [-0.3, -0.25) is 9.59 Å². The summed E-state index contributed by atoms with van der Waals surface area (Å²) in [4.78, 5) is 26.8. The molecule has 5 nitrogen and oxygen atoms in total. The lowest BCUT2D eigenvalue weighted by atomic mass is 9.91. The lowest BCUT2D eigenvalue weighted by Crippen LogP contribution is -2.66. The molecule has 0 aromatic carbocycles. The first-order valence-corrected chi connectivity index (χ1v) is 7.59. The highest BCUT2D eigenvalue weighted by molar-refractivity contribution is 5.97. The Morgan fingerprint density at radius 3 is 2.45 bits per heavy atom. The number of methoxy groups -OCH3 is 1. The van der Waals surface area contributed by atoms with Gasteiger partial charge in [0.05, 0.1) is 0 Å². The third kappa shape index (κ3) is 3.51. The van der Waals surface area contributed by atoms with E-state index < -0.39 is 0 Å². The molecule has 1 aliphatic rings. The number of carbonyl (C=O) groups is 2. The smallest absolute Gasteiger partial charge is 0.246 e. The maximum Gasteiger partial charge on any atom is 0.246 e. The maximum absolute atomic E-state index is 12.6. The van der Waals surface area contributed by atoms with Gasteiger partial charge in [0.2, 0.25) is 11.8 Å². The summed E-state index contributed by atoms with van der Waals surface area (Å²) in [7, 11) is 1.65. The number of nitrogens with zero attached hydrogens (tertiary/aromatic N) is 1. The molecule has 116 valence electrons. The summed E-state index contributed by atoms with van der Waals surface area (Å²) in [5.41, 5.74) is 0. The van der Waals surface area contributed by atoms with E-state index in [9.17, 15) is 9.59 Å². The van der Waals surface area contributed by atoms with Crippen molar-refractivity contribution in [2.75, 3.05) is 13.7 Å². The van der Waals surface area contributed by atoms with Crippen LogP contribution in [0.1, 0.15) is 47.0 Å². The molecule has 1 saturated heterocycles. The summed E-state index contributed by atoms with van der Waals surface area (Å²) < 4.78 is 5.10. The van der Waals surface area contributed by atoms with Crippen LogP contribution in [0.4, 0.5) is 0 Å². The van der Waals surface area contributed by atoms with Crippen molar-refractivity contribution in [3.63, 3.8) is 0 Å². The Morgan fingerprint density at radius 2 is 1.95 bits per heavy atom. The predicted molar refractivity (Wildman–Crippen MR) is 78.3 cm³/mol. The maximum atomic E-state index is 12.6. The van der Waals surface area contributed by atoms with E-state index in [4.69, 9.17) is 4.74 Å². The zero-order valence-corrected chi connectivity index (χ0v) is 13.3. The number of rotatable bonds is 7. The topological polar surface area (TPSA) is 58.6 Å². The Hall–Kier alpha value is -1.10. The second kappa shape index (κ2) is 7.62. The minimum Gasteiger partial charge on any atom is -0.385 e. The molecule has 0 aromatic heterocycles. The lowest BCUT2D eigenvalue weighted by molar-refractivity contribution is -0.154. The molecule has 4 unspecified atom stereocenters. The average molecular weight is 284 g/mol. The van der Waals surface area contributed by atoms with Gasteiger partial charge in [-0.2, -0.15) is 0 Å². The molecule has 1 heterocycles. The van der Waals surface area contributed by atoms with Crippen molar-refractivity contribution in [3.05, 3.63) is 0 Å². The largest absolute Gasteiger partial charge is 0.385 e. The number of hydrogen-bond donors (Lipinski definition) is 1. The number of ether oxygens (including phenoxy) is 1. The fourth-order valence-corrected chi connectivity index (χ4v) is 2.71. The van der Waals surface area contributed by atoms with Crippen LogP contribution in [0.25, 0.3) is 0 Å². The van der Waals surface area contributed by atoms with E-state index in [1.54, 1.807) is 12.0 Å². The first-order valence-electron chi connectivity index (χ1n) is 7.59. The second-order valence-electron chi connectivity index (χ2n) is 5.68. The van der Waals surface area contributed by atoms with Gasteiger partial charge < -0.3 is 15.0 Å². The van der Waals surface area contributed by atoms with Crippen LogP contribution in [0.5, 0.6) is 0 Å². The van der Waals surface area contributed by atoms with Crippen LogP contribution in [-0.4, -0.2) is 48.6 Å². The fourth-order valence-electron chi connectivity index (χ4n) is 2.71. The van der Waals surface area contributed by atoms with Gasteiger partial charge in [-0.1, -0.05) is 27.2 Å². The molecule has 5 heteroatoms. The average Bonchev–Trinajstić information content (AvgIpc) is 2.45. The molecule has 0 saturated carbocycles. The summed E-state index contributed by atoms with van der Waals surface area (Å²) >= 11 is 0. The highest BCUT2D eigenvalue weighted by Gasteiger charge is 2.43. The van der Waals surface area contributed by atoms with E-state index in [-0.39, 0.29) is 35.9 Å². The summed E-state index contributed by atoms with van der Waals surface area (Å²) in [6.07, 6.45) is 2.25. The Morgan fingerprint density at radius 1 is 1.30 bits per heavy atom. The molecule has 0 bridgehead atoms. The van der Waals surface area contributed by atoms with Gasteiger partial charge in [-0.15, -0.1) is 0 Å². The fraction of sp³-hybridized carbons (Fsp3) is 0.867. The zero-order valence-electron chi connectivity index (χ0n) is 13.3. The molecule has 2 amide bonds. The van der Waals surface area contributed by atoms with Crippen LogP contribution in [0.3, 0.4) is 0 Å². The van der Waals surface area contributed by atoms with E-state index in [2.05, 4.69) is 5.32 Å². The van der Waals surface area contributed by atoms with E-state index in [0.29, 0.717) is 13.0 Å². The molecule has 4 atom stereocenters. The van der Waals surface area contributed by atoms with Gasteiger partial charge in [0, 0.05) is 19.8 Å². The summed E-state index contributed by atoms with van der Waals surface area (Å²) in [6, 6.07) is -0.725. The molecular weight excluding hydrogens is 256 g/mol. The Labute approximate surface area is 122 Å². The van der Waals surface area contributed by atoms with Gasteiger partial charge in [-0.05, 0) is 25.7 Å². The molecule has 1 aliphatic heterocycles. The van der Waals surface area contributed by atoms with Crippen LogP contribution >= 0.6 is 0 Å². The highest BCUT2D eigenvalue weighted by atomic mass is 16.5. The third-order valence-corrected chi connectivity index (χ3v) is 4.24. The molecule has 0 aliphatic carbocycles. The highest BCUT2D eigenvalue weighted by Crippen LogP contribution is 2.24. The number of piperazine rings is 1. The van der Waals surface area contributed by atoms with Gasteiger partial charge in [-0.25, -0.2) is 0 Å². The Kier molecular flexibility index (Phi) is 6.46. The molecule has 20 heavy (non-hydrogen) atoms. The van der Waals surface area contributed by atoms with E-state index in [0.717, 1.165) is 12.8 Å². The van der Waals surface area contributed by atoms with Crippen LogP contribution in [0, 0.1) is 5.92 Å². The number of hydrogen-bond acceptors (Lipinski definition) is 3. The van der Waals surface area contributed by atoms with E-state index in [1.165, 1.54) is 0 Å². The van der Waals surface area contributed by atoms with Gasteiger partial charge in [0.25, 0.3) is 0 Å². The SMILES string of the molecule is CCC1NC(=O)C(C(C)CC)N(C(C)CCOC)C1=O. The van der Waals surface area contributed by atoms with Crippen LogP contribution in [-0.2, 0) is 14.3 Å². The van der Waals surface area contributed by atoms with Crippen molar-refractivity contribution in [1.29, 1.82) is 0 Å². The molecule has 0 aromatic rings. The van der Waals surface area contributed by atoms with Crippen molar-refractivity contribution < 1.29 is 14.3 Å². The van der Waals surface area contributed by atoms with Gasteiger partial charge in [0.15, 0.2) is 0 Å². The predicted octanol–water partition coefficient (Wildman–Crippen LogP) is 1.56. The van der Waals surface area contributed by atoms with Crippen molar-refractivity contribution in [2.45, 2.75) is 65.1 Å². The normalized spacial score (nSPS) is 26.4. The monoisotopic (exact) mass is 284 g/mol. The Bertz CT molecular complexity index is 346. The van der Waals surface area contributed by atoms with Crippen molar-refractivity contribution in [1.82, 2.24) is 10.2 Å². The van der Waals surface area contributed by atoms with Crippen molar-refractivity contribution in [2.24, 2.45) is 5.92 Å². The summed E-state index contributed by atoms with van der Waals surface area (Å²) in [5.74, 6) is 0.179. The molecule has 0 radical (unpaired) electrons. The molecule has 1 fully saturated rings. The number of amides is 2. The lowest BCUT2D eigenvalue weighted by Gasteiger charge is -2.44. The Balaban J connectivity index is 2.99.